The zero-order valence-electron chi connectivity index (χ0n) is 19.7. The molecule has 2 nitrogen and oxygen atoms in total. The predicted molar refractivity (Wildman–Crippen MR) is 153 cm³/mol. The Morgan fingerprint density at radius 1 is 0.444 bits per heavy atom. The second kappa shape index (κ2) is 8.44. The van der Waals surface area contributed by atoms with E-state index in [1.165, 1.54) is 49.4 Å². The van der Waals surface area contributed by atoms with Gasteiger partial charge in [0.05, 0.1) is 11.0 Å². The number of benzene rings is 6. The van der Waals surface area contributed by atoms with Crippen molar-refractivity contribution in [3.05, 3.63) is 140 Å². The highest BCUT2D eigenvalue weighted by Gasteiger charge is 2.12. The molecule has 0 atom stereocenters. The summed E-state index contributed by atoms with van der Waals surface area (Å²) in [5, 5.41) is 8.71. The lowest BCUT2D eigenvalue weighted by molar-refractivity contribution is 1.18. The minimum absolute atomic E-state index is 1.07. The molecule has 1 heterocycles. The second-order valence-electron chi connectivity index (χ2n) is 9.15. The molecule has 0 aliphatic heterocycles. The Hall–Kier alpha value is -4.82. The van der Waals surface area contributed by atoms with Crippen LogP contribution in [-0.4, -0.2) is 4.57 Å². The van der Waals surface area contributed by atoms with Gasteiger partial charge in [-0.2, -0.15) is 0 Å². The van der Waals surface area contributed by atoms with E-state index in [2.05, 4.69) is 149 Å². The van der Waals surface area contributed by atoms with E-state index in [-0.39, 0.29) is 0 Å². The van der Waals surface area contributed by atoms with E-state index in [0.29, 0.717) is 0 Å². The third-order valence-corrected chi connectivity index (χ3v) is 6.94. The van der Waals surface area contributed by atoms with E-state index < -0.39 is 0 Å². The fourth-order valence-corrected chi connectivity index (χ4v) is 5.31. The van der Waals surface area contributed by atoms with Crippen LogP contribution in [0.15, 0.2) is 140 Å². The van der Waals surface area contributed by atoms with Gasteiger partial charge in [0, 0.05) is 27.8 Å². The average Bonchev–Trinajstić information content (AvgIpc) is 3.27. The Kier molecular flexibility index (Phi) is 4.82. The van der Waals surface area contributed by atoms with E-state index in [9.17, 15) is 0 Å². The van der Waals surface area contributed by atoms with E-state index in [4.69, 9.17) is 0 Å². The summed E-state index contributed by atoms with van der Waals surface area (Å²) in [7, 11) is 0. The molecule has 1 aromatic heterocycles. The summed E-state index contributed by atoms with van der Waals surface area (Å²) >= 11 is 0. The third kappa shape index (κ3) is 3.43. The topological polar surface area (TPSA) is 17.0 Å². The molecule has 0 radical (unpaired) electrons. The molecule has 0 unspecified atom stereocenters. The van der Waals surface area contributed by atoms with Crippen molar-refractivity contribution in [1.82, 2.24) is 4.57 Å². The van der Waals surface area contributed by atoms with Gasteiger partial charge in [0.2, 0.25) is 0 Å². The van der Waals surface area contributed by atoms with E-state index in [1.807, 2.05) is 0 Å². The van der Waals surface area contributed by atoms with E-state index in [1.54, 1.807) is 0 Å². The third-order valence-electron chi connectivity index (χ3n) is 6.94. The lowest BCUT2D eigenvalue weighted by Crippen LogP contribution is -1.95. The van der Waals surface area contributed by atoms with Crippen LogP contribution in [-0.2, 0) is 0 Å². The summed E-state index contributed by atoms with van der Waals surface area (Å²) in [5.41, 5.74) is 8.16. The van der Waals surface area contributed by atoms with Crippen molar-refractivity contribution in [1.29, 1.82) is 0 Å². The Morgan fingerprint density at radius 3 is 2.06 bits per heavy atom. The minimum Gasteiger partial charge on any atom is -0.355 e. The fraction of sp³-hybridized carbons (Fsp3) is 0. The normalized spacial score (nSPS) is 11.3. The number of hydrogen-bond acceptors (Lipinski definition) is 1. The second-order valence-corrected chi connectivity index (χ2v) is 9.15. The Labute approximate surface area is 210 Å². The van der Waals surface area contributed by atoms with Crippen LogP contribution in [0.5, 0.6) is 0 Å². The van der Waals surface area contributed by atoms with E-state index in [0.717, 1.165) is 11.4 Å². The number of rotatable bonds is 4. The fourth-order valence-electron chi connectivity index (χ4n) is 5.31. The molecule has 36 heavy (non-hydrogen) atoms. The van der Waals surface area contributed by atoms with Crippen molar-refractivity contribution in [3.8, 4) is 16.8 Å². The molecule has 0 aliphatic carbocycles. The molecule has 7 rings (SSSR count). The molecule has 0 aliphatic rings. The summed E-state index contributed by atoms with van der Waals surface area (Å²) in [6, 6.07) is 49.6. The molecule has 6 aromatic carbocycles. The van der Waals surface area contributed by atoms with Crippen LogP contribution in [0.1, 0.15) is 0 Å². The van der Waals surface area contributed by atoms with Crippen LogP contribution >= 0.6 is 0 Å². The van der Waals surface area contributed by atoms with Crippen LogP contribution in [0.4, 0.5) is 11.4 Å². The van der Waals surface area contributed by atoms with Gasteiger partial charge in [-0.15, -0.1) is 0 Å². The Bertz CT molecular complexity index is 1860. The highest BCUT2D eigenvalue weighted by Crippen LogP contribution is 2.35. The summed E-state index contributed by atoms with van der Waals surface area (Å²) in [4.78, 5) is 0. The number of aromatic nitrogens is 1. The molecule has 7 aromatic rings. The van der Waals surface area contributed by atoms with Gasteiger partial charge >= 0.3 is 0 Å². The smallest absolute Gasteiger partial charge is 0.0561 e. The van der Waals surface area contributed by atoms with Crippen molar-refractivity contribution >= 4 is 44.0 Å². The number of para-hydroxylation sites is 2. The van der Waals surface area contributed by atoms with Crippen molar-refractivity contribution in [2.75, 3.05) is 5.32 Å². The average molecular weight is 461 g/mol. The lowest BCUT2D eigenvalue weighted by Gasteiger charge is -2.12. The first-order chi connectivity index (χ1) is 17.8. The highest BCUT2D eigenvalue weighted by atomic mass is 15.0. The van der Waals surface area contributed by atoms with Gasteiger partial charge in [-0.05, 0) is 64.4 Å². The number of hydrogen-bond donors (Lipinski definition) is 1. The van der Waals surface area contributed by atoms with Gasteiger partial charge in [-0.1, -0.05) is 97.1 Å². The molecule has 0 saturated carbocycles. The van der Waals surface area contributed by atoms with Gasteiger partial charge in [-0.25, -0.2) is 0 Å². The Morgan fingerprint density at radius 2 is 1.14 bits per heavy atom. The molecule has 2 heteroatoms. The van der Waals surface area contributed by atoms with Gasteiger partial charge < -0.3 is 9.88 Å². The summed E-state index contributed by atoms with van der Waals surface area (Å²) < 4.78 is 2.35. The standard InChI is InChI=1S/C34H24N2/c1-2-14-28(15-3-1)36-33-19-7-6-17-31(33)32-21-20-27(23-34(32)36)35-26-13-8-12-25(22-26)30-18-9-11-24-10-4-5-16-29(24)30/h1-23,35H. The van der Waals surface area contributed by atoms with Gasteiger partial charge in [-0.3, -0.25) is 0 Å². The first-order valence-corrected chi connectivity index (χ1v) is 12.3. The van der Waals surface area contributed by atoms with Crippen molar-refractivity contribution < 1.29 is 0 Å². The maximum Gasteiger partial charge on any atom is 0.0561 e. The molecular weight excluding hydrogens is 436 g/mol. The monoisotopic (exact) mass is 460 g/mol. The predicted octanol–water partition coefficient (Wildman–Crippen LogP) is 9.35. The molecule has 0 spiro atoms. The maximum atomic E-state index is 3.66. The van der Waals surface area contributed by atoms with Gasteiger partial charge in [0.25, 0.3) is 0 Å². The van der Waals surface area contributed by atoms with Crippen LogP contribution in [0.25, 0.3) is 49.4 Å². The number of nitrogens with one attached hydrogen (secondary N) is 1. The molecule has 0 fully saturated rings. The van der Waals surface area contributed by atoms with Crippen molar-refractivity contribution in [2.45, 2.75) is 0 Å². The first-order valence-electron chi connectivity index (χ1n) is 12.3. The lowest BCUT2D eigenvalue weighted by atomic mass is 9.98. The maximum absolute atomic E-state index is 3.66. The summed E-state index contributed by atoms with van der Waals surface area (Å²) in [5.74, 6) is 0. The number of nitrogens with zero attached hydrogens (tertiary/aromatic N) is 1. The van der Waals surface area contributed by atoms with Gasteiger partial charge in [0.15, 0.2) is 0 Å². The number of fused-ring (bicyclic) bond motifs is 4. The van der Waals surface area contributed by atoms with Crippen LogP contribution in [0.2, 0.25) is 0 Å². The molecule has 0 bridgehead atoms. The summed E-state index contributed by atoms with van der Waals surface area (Å²) in [6.45, 7) is 0. The van der Waals surface area contributed by atoms with E-state index >= 15 is 0 Å². The first kappa shape index (κ1) is 20.5. The minimum atomic E-state index is 1.07. The quantitative estimate of drug-likeness (QED) is 0.277. The Balaban J connectivity index is 1.33. The summed E-state index contributed by atoms with van der Waals surface area (Å²) in [6.07, 6.45) is 0. The number of anilines is 2. The van der Waals surface area contributed by atoms with Crippen LogP contribution in [0.3, 0.4) is 0 Å². The largest absolute Gasteiger partial charge is 0.355 e. The van der Waals surface area contributed by atoms with Gasteiger partial charge in [0.1, 0.15) is 0 Å². The van der Waals surface area contributed by atoms with Crippen LogP contribution in [0, 0.1) is 0 Å². The molecule has 0 amide bonds. The highest BCUT2D eigenvalue weighted by molar-refractivity contribution is 6.10. The molecular formula is C34H24N2. The molecule has 170 valence electrons. The van der Waals surface area contributed by atoms with Crippen molar-refractivity contribution in [2.24, 2.45) is 0 Å². The zero-order valence-corrected chi connectivity index (χ0v) is 19.7. The van der Waals surface area contributed by atoms with Crippen LogP contribution < -0.4 is 5.32 Å². The molecule has 0 saturated heterocycles. The molecule has 1 N–H and O–H groups in total. The zero-order chi connectivity index (χ0) is 23.9. The SMILES string of the molecule is c1ccc(-n2c3ccccc3c3ccc(Nc4cccc(-c5cccc6ccccc56)c4)cc32)cc1. The van der Waals surface area contributed by atoms with Crippen molar-refractivity contribution in [3.63, 3.8) is 0 Å².